The third-order valence-corrected chi connectivity index (χ3v) is 7.32. The molecule has 0 fully saturated rings. The fraction of sp³-hybridized carbons (Fsp3) is 0.267. The Labute approximate surface area is 241 Å². The third kappa shape index (κ3) is 7.55. The highest BCUT2D eigenvalue weighted by Gasteiger charge is 2.30. The predicted octanol–water partition coefficient (Wildman–Crippen LogP) is 7.58. The van der Waals surface area contributed by atoms with Crippen LogP contribution in [0.25, 0.3) is 22.5 Å². The largest absolute Gasteiger partial charge is 0.497 e. The first kappa shape index (κ1) is 29.9. The van der Waals surface area contributed by atoms with Crippen molar-refractivity contribution in [3.05, 3.63) is 78.4 Å². The lowest BCUT2D eigenvalue weighted by Crippen LogP contribution is -2.29. The van der Waals surface area contributed by atoms with Gasteiger partial charge in [0.15, 0.2) is 5.16 Å². The number of nitrogens with zero attached hydrogens (tertiary/aromatic N) is 2. The summed E-state index contributed by atoms with van der Waals surface area (Å²) in [6, 6.07) is 19.6. The van der Waals surface area contributed by atoms with Gasteiger partial charge < -0.3 is 24.7 Å². The van der Waals surface area contributed by atoms with Crippen LogP contribution in [0.2, 0.25) is 0 Å². The molecular formula is C30H31F3N4O3S. The van der Waals surface area contributed by atoms with E-state index in [0.29, 0.717) is 25.3 Å². The highest BCUT2D eigenvalue weighted by molar-refractivity contribution is 7.99. The van der Waals surface area contributed by atoms with Gasteiger partial charge in [-0.25, -0.2) is 9.78 Å². The van der Waals surface area contributed by atoms with Gasteiger partial charge in [-0.15, -0.1) is 0 Å². The van der Waals surface area contributed by atoms with E-state index in [-0.39, 0.29) is 5.69 Å². The van der Waals surface area contributed by atoms with Crippen molar-refractivity contribution in [1.82, 2.24) is 14.9 Å². The van der Waals surface area contributed by atoms with Crippen molar-refractivity contribution in [3.63, 3.8) is 0 Å². The molecule has 0 saturated carbocycles. The van der Waals surface area contributed by atoms with Crippen LogP contribution in [0.5, 0.6) is 11.5 Å². The van der Waals surface area contributed by atoms with Gasteiger partial charge in [0, 0.05) is 35.7 Å². The van der Waals surface area contributed by atoms with Crippen molar-refractivity contribution in [2.75, 3.05) is 31.8 Å². The van der Waals surface area contributed by atoms with E-state index in [1.54, 1.807) is 26.0 Å². The summed E-state index contributed by atoms with van der Waals surface area (Å²) in [5, 5.41) is 6.00. The van der Waals surface area contributed by atoms with Gasteiger partial charge in [0.2, 0.25) is 0 Å². The van der Waals surface area contributed by atoms with Crippen molar-refractivity contribution >= 4 is 23.5 Å². The summed E-state index contributed by atoms with van der Waals surface area (Å²) in [6.07, 6.45) is -3.84. The number of halogens is 3. The molecule has 0 radical (unpaired) electrons. The first-order chi connectivity index (χ1) is 19.7. The number of aromatic nitrogens is 2. The summed E-state index contributed by atoms with van der Waals surface area (Å²) in [5.41, 5.74) is 3.06. The molecule has 1 heterocycles. The second kappa shape index (κ2) is 13.5. The number of amides is 2. The second-order valence-corrected chi connectivity index (χ2v) is 10.0. The van der Waals surface area contributed by atoms with Crippen LogP contribution in [0.4, 0.5) is 23.7 Å². The summed E-state index contributed by atoms with van der Waals surface area (Å²) in [5.74, 6) is 2.20. The van der Waals surface area contributed by atoms with Gasteiger partial charge in [-0.05, 0) is 80.1 Å². The highest BCUT2D eigenvalue weighted by Crippen LogP contribution is 2.37. The van der Waals surface area contributed by atoms with Crippen LogP contribution in [0.1, 0.15) is 18.9 Å². The molecule has 2 amide bonds. The Balaban J connectivity index is 1.43. The Hall–Kier alpha value is -4.12. The zero-order chi connectivity index (χ0) is 29.4. The molecule has 0 unspecified atom stereocenters. The molecule has 11 heteroatoms. The molecule has 0 atom stereocenters. The fourth-order valence-electron chi connectivity index (χ4n) is 4.21. The van der Waals surface area contributed by atoms with Crippen LogP contribution in [0.3, 0.4) is 0 Å². The normalized spacial score (nSPS) is 11.3. The summed E-state index contributed by atoms with van der Waals surface area (Å²) >= 11 is 1.58. The van der Waals surface area contributed by atoms with Crippen LogP contribution < -0.4 is 20.1 Å². The van der Waals surface area contributed by atoms with Crippen LogP contribution in [-0.4, -0.2) is 42.1 Å². The Kier molecular flexibility index (Phi) is 9.82. The van der Waals surface area contributed by atoms with Crippen LogP contribution in [-0.2, 0) is 12.7 Å². The van der Waals surface area contributed by atoms with E-state index >= 15 is 0 Å². The summed E-state index contributed by atoms with van der Waals surface area (Å²) in [4.78, 5) is 17.2. The Morgan fingerprint density at radius 1 is 0.951 bits per heavy atom. The number of benzene rings is 3. The summed E-state index contributed by atoms with van der Waals surface area (Å²) in [6.45, 7) is 3.11. The molecule has 4 aromatic rings. The Morgan fingerprint density at radius 2 is 1.59 bits per heavy atom. The van der Waals surface area contributed by atoms with E-state index in [0.717, 1.165) is 51.3 Å². The lowest BCUT2D eigenvalue weighted by molar-refractivity contribution is -0.137. The first-order valence-electron chi connectivity index (χ1n) is 13.0. The summed E-state index contributed by atoms with van der Waals surface area (Å²) < 4.78 is 51.6. The lowest BCUT2D eigenvalue weighted by atomic mass is 10.0. The van der Waals surface area contributed by atoms with E-state index in [1.807, 2.05) is 48.5 Å². The van der Waals surface area contributed by atoms with Crippen molar-refractivity contribution in [3.8, 4) is 34.0 Å². The van der Waals surface area contributed by atoms with Gasteiger partial charge in [0.1, 0.15) is 11.5 Å². The van der Waals surface area contributed by atoms with Crippen molar-refractivity contribution in [2.24, 2.45) is 0 Å². The molecule has 0 saturated heterocycles. The van der Waals surface area contributed by atoms with E-state index in [1.165, 1.54) is 12.1 Å². The topological polar surface area (TPSA) is 77.4 Å². The van der Waals surface area contributed by atoms with E-state index in [9.17, 15) is 18.0 Å². The maximum atomic E-state index is 12.9. The molecule has 0 aliphatic carbocycles. The molecule has 0 spiro atoms. The summed E-state index contributed by atoms with van der Waals surface area (Å²) in [7, 11) is 3.26. The van der Waals surface area contributed by atoms with E-state index in [4.69, 9.17) is 14.5 Å². The molecule has 0 aliphatic rings. The number of alkyl halides is 3. The number of hydrogen-bond donors (Lipinski definition) is 2. The molecule has 216 valence electrons. The van der Waals surface area contributed by atoms with Crippen molar-refractivity contribution in [1.29, 1.82) is 0 Å². The number of thioether (sulfide) groups is 1. The molecule has 4 rings (SSSR count). The Morgan fingerprint density at radius 3 is 2.17 bits per heavy atom. The minimum atomic E-state index is -4.48. The number of anilines is 1. The smallest absolute Gasteiger partial charge is 0.416 e. The van der Waals surface area contributed by atoms with E-state index in [2.05, 4.69) is 22.1 Å². The molecule has 41 heavy (non-hydrogen) atoms. The maximum absolute atomic E-state index is 12.9. The van der Waals surface area contributed by atoms with Gasteiger partial charge >= 0.3 is 12.2 Å². The van der Waals surface area contributed by atoms with Gasteiger partial charge in [-0.1, -0.05) is 17.8 Å². The van der Waals surface area contributed by atoms with Gasteiger partial charge in [0.25, 0.3) is 0 Å². The number of ether oxygens (including phenoxy) is 2. The SMILES string of the molecule is CCn1c(SCCCNC(=O)Nc2cccc(C(F)(F)F)c2)nc(-c2ccc(OC)cc2)c1-c1ccc(OC)cc1. The number of urea groups is 1. The molecule has 1 aromatic heterocycles. The van der Waals surface area contributed by atoms with Crippen molar-refractivity contribution in [2.45, 2.75) is 31.2 Å². The molecule has 7 nitrogen and oxygen atoms in total. The molecule has 2 N–H and O–H groups in total. The first-order valence-corrected chi connectivity index (χ1v) is 14.0. The zero-order valence-corrected chi connectivity index (χ0v) is 23.7. The number of nitrogens with one attached hydrogen (secondary N) is 2. The minimum Gasteiger partial charge on any atom is -0.497 e. The molecule has 3 aromatic carbocycles. The predicted molar refractivity (Wildman–Crippen MR) is 156 cm³/mol. The van der Waals surface area contributed by atoms with Crippen LogP contribution >= 0.6 is 11.8 Å². The molecule has 0 aliphatic heterocycles. The number of methoxy groups -OCH3 is 2. The number of imidazole rings is 1. The van der Waals surface area contributed by atoms with Gasteiger partial charge in [0.05, 0.1) is 31.2 Å². The minimum absolute atomic E-state index is 0.0776. The van der Waals surface area contributed by atoms with Gasteiger partial charge in [-0.3, -0.25) is 0 Å². The fourth-order valence-corrected chi connectivity index (χ4v) is 5.22. The molecule has 0 bridgehead atoms. The number of carbonyl (C=O) groups excluding carboxylic acids is 1. The number of carbonyl (C=O) groups is 1. The average Bonchev–Trinajstić information content (AvgIpc) is 3.35. The third-order valence-electron chi connectivity index (χ3n) is 6.26. The number of rotatable bonds is 11. The van der Waals surface area contributed by atoms with Crippen molar-refractivity contribution < 1.29 is 27.4 Å². The second-order valence-electron chi connectivity index (χ2n) is 8.95. The Bertz CT molecular complexity index is 1460. The monoisotopic (exact) mass is 584 g/mol. The average molecular weight is 585 g/mol. The standard InChI is InChI=1S/C30H31F3N4O3S/c1-4-37-27(21-11-15-25(40-3)16-12-21)26(20-9-13-24(39-2)14-10-20)36-29(37)41-18-6-17-34-28(38)35-23-8-5-7-22(19-23)30(31,32)33/h5,7-16,19H,4,6,17-18H2,1-3H3,(H2,34,35,38). The highest BCUT2D eigenvalue weighted by atomic mass is 32.2. The number of hydrogen-bond acceptors (Lipinski definition) is 5. The van der Waals surface area contributed by atoms with Gasteiger partial charge in [-0.2, -0.15) is 13.2 Å². The van der Waals surface area contributed by atoms with Crippen LogP contribution in [0.15, 0.2) is 78.0 Å². The van der Waals surface area contributed by atoms with Crippen LogP contribution in [0, 0.1) is 0 Å². The maximum Gasteiger partial charge on any atom is 0.416 e. The quantitative estimate of drug-likeness (QED) is 0.140. The van der Waals surface area contributed by atoms with E-state index < -0.39 is 17.8 Å². The molecular weight excluding hydrogens is 553 g/mol. The lowest BCUT2D eigenvalue weighted by Gasteiger charge is -2.12. The zero-order valence-electron chi connectivity index (χ0n) is 22.9.